The minimum Gasteiger partial charge on any atom is -0.300 e. The first-order valence-corrected chi connectivity index (χ1v) is 5.94. The first-order chi connectivity index (χ1) is 6.50. The average Bonchev–Trinajstić information content (AvgIpc) is 2.23. The third kappa shape index (κ3) is 1.70. The molecule has 1 saturated carbocycles. The molecule has 1 saturated heterocycles. The quantitative estimate of drug-likeness (QED) is 0.666. The SMILES string of the molecule is CN(C1CCC1)C1CN(C)C(C)(C)C1. The Morgan fingerprint density at radius 1 is 1.21 bits per heavy atom. The molecule has 2 rings (SSSR count). The third-order valence-corrected chi connectivity index (χ3v) is 4.48. The Labute approximate surface area is 88.3 Å². The summed E-state index contributed by atoms with van der Waals surface area (Å²) in [6.07, 6.45) is 5.63. The highest BCUT2D eigenvalue weighted by Gasteiger charge is 2.39. The van der Waals surface area contributed by atoms with Crippen LogP contribution in [0.3, 0.4) is 0 Å². The number of hydrogen-bond acceptors (Lipinski definition) is 2. The van der Waals surface area contributed by atoms with Crippen LogP contribution in [0, 0.1) is 0 Å². The fourth-order valence-electron chi connectivity index (χ4n) is 2.73. The van der Waals surface area contributed by atoms with E-state index >= 15 is 0 Å². The summed E-state index contributed by atoms with van der Waals surface area (Å²) >= 11 is 0. The molecular formula is C12H24N2. The van der Waals surface area contributed by atoms with Gasteiger partial charge in [-0.3, -0.25) is 9.80 Å². The van der Waals surface area contributed by atoms with Crippen LogP contribution in [0.15, 0.2) is 0 Å². The summed E-state index contributed by atoms with van der Waals surface area (Å²) < 4.78 is 0. The van der Waals surface area contributed by atoms with Gasteiger partial charge >= 0.3 is 0 Å². The summed E-state index contributed by atoms with van der Waals surface area (Å²) in [6.45, 7) is 5.98. The molecule has 1 atom stereocenters. The lowest BCUT2D eigenvalue weighted by Crippen LogP contribution is -2.44. The van der Waals surface area contributed by atoms with Gasteiger partial charge < -0.3 is 0 Å². The molecule has 2 nitrogen and oxygen atoms in total. The monoisotopic (exact) mass is 196 g/mol. The van der Waals surface area contributed by atoms with E-state index in [-0.39, 0.29) is 0 Å². The molecule has 1 aliphatic heterocycles. The molecule has 14 heavy (non-hydrogen) atoms. The second-order valence-corrected chi connectivity index (χ2v) is 5.80. The number of nitrogens with zero attached hydrogens (tertiary/aromatic N) is 2. The first-order valence-electron chi connectivity index (χ1n) is 5.94. The van der Waals surface area contributed by atoms with Gasteiger partial charge in [0.1, 0.15) is 0 Å². The summed E-state index contributed by atoms with van der Waals surface area (Å²) in [7, 11) is 4.58. The van der Waals surface area contributed by atoms with Crippen LogP contribution in [-0.2, 0) is 0 Å². The highest BCUT2D eigenvalue weighted by molar-refractivity contribution is 4.97. The first kappa shape index (κ1) is 10.4. The van der Waals surface area contributed by atoms with Gasteiger partial charge in [-0.15, -0.1) is 0 Å². The molecule has 0 aromatic rings. The van der Waals surface area contributed by atoms with Crippen molar-refractivity contribution in [1.29, 1.82) is 0 Å². The molecule has 0 bridgehead atoms. The van der Waals surface area contributed by atoms with Gasteiger partial charge in [0.2, 0.25) is 0 Å². The minimum absolute atomic E-state index is 0.405. The molecule has 2 aliphatic rings. The van der Waals surface area contributed by atoms with Crippen LogP contribution in [0.4, 0.5) is 0 Å². The van der Waals surface area contributed by atoms with Crippen LogP contribution in [-0.4, -0.2) is 48.1 Å². The molecule has 82 valence electrons. The minimum atomic E-state index is 0.405. The third-order valence-electron chi connectivity index (χ3n) is 4.48. The van der Waals surface area contributed by atoms with Gasteiger partial charge in [0, 0.05) is 24.2 Å². The van der Waals surface area contributed by atoms with Crippen LogP contribution in [0.1, 0.15) is 39.5 Å². The van der Waals surface area contributed by atoms with E-state index in [9.17, 15) is 0 Å². The number of likely N-dealkylation sites (tertiary alicyclic amines) is 1. The summed E-state index contributed by atoms with van der Waals surface area (Å²) in [4.78, 5) is 5.14. The lowest BCUT2D eigenvalue weighted by Gasteiger charge is -2.38. The van der Waals surface area contributed by atoms with Crippen molar-refractivity contribution in [3.63, 3.8) is 0 Å². The van der Waals surface area contributed by atoms with Gasteiger partial charge in [0.15, 0.2) is 0 Å². The van der Waals surface area contributed by atoms with E-state index in [1.54, 1.807) is 0 Å². The second kappa shape index (κ2) is 3.49. The molecule has 0 aromatic heterocycles. The Bertz CT molecular complexity index is 208. The maximum absolute atomic E-state index is 2.63. The van der Waals surface area contributed by atoms with E-state index in [0.717, 1.165) is 12.1 Å². The van der Waals surface area contributed by atoms with Crippen LogP contribution >= 0.6 is 0 Å². The zero-order valence-corrected chi connectivity index (χ0v) is 10.1. The summed E-state index contributed by atoms with van der Waals surface area (Å²) in [5.74, 6) is 0. The molecule has 0 amide bonds. The lowest BCUT2D eigenvalue weighted by molar-refractivity contribution is 0.113. The van der Waals surface area contributed by atoms with Crippen molar-refractivity contribution >= 4 is 0 Å². The van der Waals surface area contributed by atoms with E-state index in [1.165, 1.54) is 32.2 Å². The molecule has 1 aliphatic carbocycles. The largest absolute Gasteiger partial charge is 0.300 e. The van der Waals surface area contributed by atoms with Gasteiger partial charge in [-0.25, -0.2) is 0 Å². The second-order valence-electron chi connectivity index (χ2n) is 5.80. The normalized spacial score (nSPS) is 33.6. The fourth-order valence-corrected chi connectivity index (χ4v) is 2.73. The highest BCUT2D eigenvalue weighted by atomic mass is 15.3. The van der Waals surface area contributed by atoms with Crippen LogP contribution in [0.25, 0.3) is 0 Å². The van der Waals surface area contributed by atoms with Crippen molar-refractivity contribution in [3.05, 3.63) is 0 Å². The fraction of sp³-hybridized carbons (Fsp3) is 1.00. The molecule has 1 unspecified atom stereocenters. The van der Waals surface area contributed by atoms with Crippen molar-refractivity contribution in [2.24, 2.45) is 0 Å². The number of rotatable bonds is 2. The number of likely N-dealkylation sites (N-methyl/N-ethyl adjacent to an activating group) is 2. The van der Waals surface area contributed by atoms with Crippen molar-refractivity contribution in [1.82, 2.24) is 9.80 Å². The van der Waals surface area contributed by atoms with E-state index in [1.807, 2.05) is 0 Å². The summed E-state index contributed by atoms with van der Waals surface area (Å²) in [6, 6.07) is 1.68. The molecule has 1 heterocycles. The average molecular weight is 196 g/mol. The molecule has 0 radical (unpaired) electrons. The molecule has 0 spiro atoms. The molecule has 2 fully saturated rings. The van der Waals surface area contributed by atoms with Crippen molar-refractivity contribution in [2.45, 2.75) is 57.2 Å². The van der Waals surface area contributed by atoms with Gasteiger partial charge in [-0.2, -0.15) is 0 Å². The Morgan fingerprint density at radius 2 is 1.86 bits per heavy atom. The van der Waals surface area contributed by atoms with E-state index in [4.69, 9.17) is 0 Å². The molecule has 0 N–H and O–H groups in total. The summed E-state index contributed by atoms with van der Waals surface area (Å²) in [5.41, 5.74) is 0.405. The van der Waals surface area contributed by atoms with Crippen LogP contribution in [0.2, 0.25) is 0 Å². The van der Waals surface area contributed by atoms with Crippen molar-refractivity contribution in [2.75, 3.05) is 20.6 Å². The standard InChI is InChI=1S/C12H24N2/c1-12(2)8-11(9-13(12)3)14(4)10-6-5-7-10/h10-11H,5-9H2,1-4H3. The van der Waals surface area contributed by atoms with Crippen molar-refractivity contribution in [3.8, 4) is 0 Å². The lowest BCUT2D eigenvalue weighted by atomic mass is 9.90. The van der Waals surface area contributed by atoms with Crippen molar-refractivity contribution < 1.29 is 0 Å². The predicted octanol–water partition coefficient (Wildman–Crippen LogP) is 1.95. The zero-order valence-electron chi connectivity index (χ0n) is 10.1. The smallest absolute Gasteiger partial charge is 0.0240 e. The molecular weight excluding hydrogens is 172 g/mol. The van der Waals surface area contributed by atoms with Gasteiger partial charge in [0.05, 0.1) is 0 Å². The summed E-state index contributed by atoms with van der Waals surface area (Å²) in [5, 5.41) is 0. The maximum atomic E-state index is 2.63. The van der Waals surface area contributed by atoms with Gasteiger partial charge in [0.25, 0.3) is 0 Å². The zero-order chi connectivity index (χ0) is 10.3. The van der Waals surface area contributed by atoms with Gasteiger partial charge in [-0.05, 0) is 47.2 Å². The highest BCUT2D eigenvalue weighted by Crippen LogP contribution is 2.33. The van der Waals surface area contributed by atoms with E-state index < -0.39 is 0 Å². The molecule has 2 heteroatoms. The van der Waals surface area contributed by atoms with Gasteiger partial charge in [-0.1, -0.05) is 6.42 Å². The Balaban J connectivity index is 1.93. The Hall–Kier alpha value is -0.0800. The van der Waals surface area contributed by atoms with E-state index in [0.29, 0.717) is 5.54 Å². The predicted molar refractivity (Wildman–Crippen MR) is 60.5 cm³/mol. The van der Waals surface area contributed by atoms with Crippen LogP contribution < -0.4 is 0 Å². The van der Waals surface area contributed by atoms with Crippen LogP contribution in [0.5, 0.6) is 0 Å². The topological polar surface area (TPSA) is 6.48 Å². The van der Waals surface area contributed by atoms with E-state index in [2.05, 4.69) is 37.7 Å². The maximum Gasteiger partial charge on any atom is 0.0240 e. The Kier molecular flexibility index (Phi) is 2.61. The molecule has 0 aromatic carbocycles. The number of hydrogen-bond donors (Lipinski definition) is 0. The Morgan fingerprint density at radius 3 is 2.21 bits per heavy atom.